The number of aliphatic hydroxyl groups is 1. The maximum absolute atomic E-state index is 10.8. The second-order valence-electron chi connectivity index (χ2n) is 2.33. The number of hydrogen-bond acceptors (Lipinski definition) is 4. The van der Waals surface area contributed by atoms with Crippen molar-refractivity contribution in [1.82, 2.24) is 0 Å². The van der Waals surface area contributed by atoms with E-state index in [1.807, 2.05) is 0 Å². The zero-order valence-electron chi connectivity index (χ0n) is 7.01. The Bertz CT molecular complexity index is 280. The summed E-state index contributed by atoms with van der Waals surface area (Å²) in [5.41, 5.74) is -0.193. The maximum atomic E-state index is 10.8. The fourth-order valence-electron chi connectivity index (χ4n) is 0.853. The first-order valence-corrected chi connectivity index (χ1v) is 3.36. The van der Waals surface area contributed by atoms with E-state index in [9.17, 15) is 4.79 Å². The molecular weight excluding hydrogens is 156 g/mol. The van der Waals surface area contributed by atoms with Crippen LogP contribution >= 0.6 is 0 Å². The van der Waals surface area contributed by atoms with Crippen LogP contribution in [0.5, 0.6) is 0 Å². The molecular formula is C8H10N2O2. The average Bonchev–Trinajstić information content (AvgIpc) is 1.85. The number of nitrogens with one attached hydrogen (secondary N) is 1. The van der Waals surface area contributed by atoms with Gasteiger partial charge in [-0.25, -0.2) is 0 Å². The van der Waals surface area contributed by atoms with E-state index < -0.39 is 5.78 Å². The van der Waals surface area contributed by atoms with Crippen molar-refractivity contribution < 1.29 is 9.90 Å². The molecule has 4 heteroatoms. The highest BCUT2D eigenvalue weighted by Crippen LogP contribution is 2.06. The molecule has 4 nitrogen and oxygen atoms in total. The molecule has 0 radical (unpaired) electrons. The average molecular weight is 166 g/mol. The molecule has 0 spiro atoms. The molecule has 0 heterocycles. The van der Waals surface area contributed by atoms with Crippen LogP contribution in [0.15, 0.2) is 11.3 Å². The van der Waals surface area contributed by atoms with E-state index in [1.54, 1.807) is 6.07 Å². The van der Waals surface area contributed by atoms with Crippen molar-refractivity contribution in [2.75, 3.05) is 0 Å². The summed E-state index contributed by atoms with van der Waals surface area (Å²) in [6.45, 7) is 2.57. The van der Waals surface area contributed by atoms with Gasteiger partial charge in [0.2, 0.25) is 0 Å². The Kier molecular flexibility index (Phi) is 3.71. The van der Waals surface area contributed by atoms with Crippen LogP contribution in [0.4, 0.5) is 0 Å². The Morgan fingerprint density at radius 2 is 2.08 bits per heavy atom. The predicted octanol–water partition coefficient (Wildman–Crippen LogP) is 1.34. The lowest BCUT2D eigenvalue weighted by atomic mass is 10.0. The molecule has 0 atom stereocenters. The van der Waals surface area contributed by atoms with Crippen molar-refractivity contribution >= 4 is 11.5 Å². The van der Waals surface area contributed by atoms with Gasteiger partial charge in [0.15, 0.2) is 5.78 Å². The molecule has 0 aliphatic carbocycles. The molecule has 0 aromatic rings. The normalized spacial score (nSPS) is 11.4. The van der Waals surface area contributed by atoms with Crippen LogP contribution in [0.2, 0.25) is 0 Å². The van der Waals surface area contributed by atoms with E-state index in [0.717, 1.165) is 0 Å². The zero-order chi connectivity index (χ0) is 9.72. The number of ketones is 1. The second kappa shape index (κ2) is 4.29. The number of carbonyl (C=O) groups excluding carboxylic acids is 1. The molecule has 0 rings (SSSR count). The van der Waals surface area contributed by atoms with Gasteiger partial charge in [0.05, 0.1) is 23.8 Å². The Labute approximate surface area is 70.6 Å². The van der Waals surface area contributed by atoms with E-state index in [1.165, 1.54) is 13.8 Å². The van der Waals surface area contributed by atoms with Gasteiger partial charge < -0.3 is 10.5 Å². The van der Waals surface area contributed by atoms with Crippen LogP contribution < -0.4 is 0 Å². The van der Waals surface area contributed by atoms with Crippen molar-refractivity contribution in [3.63, 3.8) is 0 Å². The summed E-state index contributed by atoms with van der Waals surface area (Å²) in [5, 5.41) is 24.5. The summed E-state index contributed by atoms with van der Waals surface area (Å²) in [4.78, 5) is 10.8. The number of carbonyl (C=O) groups is 1. The van der Waals surface area contributed by atoms with Crippen molar-refractivity contribution in [3.8, 4) is 6.07 Å². The zero-order valence-corrected chi connectivity index (χ0v) is 7.01. The number of hydrogen-bond donors (Lipinski definition) is 2. The molecule has 0 saturated carbocycles. The van der Waals surface area contributed by atoms with Crippen molar-refractivity contribution in [2.24, 2.45) is 0 Å². The Morgan fingerprint density at radius 1 is 1.58 bits per heavy atom. The minimum atomic E-state index is -0.393. The van der Waals surface area contributed by atoms with Crippen LogP contribution in [0.3, 0.4) is 0 Å². The highest BCUT2D eigenvalue weighted by Gasteiger charge is 2.13. The molecule has 0 amide bonds. The van der Waals surface area contributed by atoms with Crippen molar-refractivity contribution in [1.29, 1.82) is 10.7 Å². The number of Topliss-reactive ketones (excluding diaryl/α,β-unsaturated/α-hetero) is 1. The summed E-state index contributed by atoms with van der Waals surface area (Å²) in [5.74, 6) is -0.599. The largest absolute Gasteiger partial charge is 0.512 e. The number of allylic oxidation sites excluding steroid dienone is 2. The van der Waals surface area contributed by atoms with Gasteiger partial charge in [-0.15, -0.1) is 0 Å². The summed E-state index contributed by atoms with van der Waals surface area (Å²) in [7, 11) is 0. The van der Waals surface area contributed by atoms with Crippen molar-refractivity contribution in [3.05, 3.63) is 11.3 Å². The summed E-state index contributed by atoms with van der Waals surface area (Å²) in [6.07, 6.45) is -0.160. The van der Waals surface area contributed by atoms with Crippen LogP contribution in [0, 0.1) is 16.7 Å². The second-order valence-corrected chi connectivity index (χ2v) is 2.33. The van der Waals surface area contributed by atoms with E-state index in [2.05, 4.69) is 0 Å². The van der Waals surface area contributed by atoms with Gasteiger partial charge in [0, 0.05) is 0 Å². The van der Waals surface area contributed by atoms with Gasteiger partial charge in [0.25, 0.3) is 0 Å². The van der Waals surface area contributed by atoms with Gasteiger partial charge in [-0.05, 0) is 13.8 Å². The van der Waals surface area contributed by atoms with E-state index in [-0.39, 0.29) is 23.5 Å². The lowest BCUT2D eigenvalue weighted by Gasteiger charge is -2.02. The fraction of sp³-hybridized carbons (Fsp3) is 0.375. The number of aliphatic hydroxyl groups excluding tert-OH is 1. The molecule has 12 heavy (non-hydrogen) atoms. The molecule has 0 aromatic heterocycles. The van der Waals surface area contributed by atoms with Crippen LogP contribution in [0.1, 0.15) is 20.3 Å². The number of nitriles is 1. The molecule has 0 aliphatic rings. The minimum absolute atomic E-state index is 0.0587. The first kappa shape index (κ1) is 10.4. The quantitative estimate of drug-likeness (QED) is 0.377. The summed E-state index contributed by atoms with van der Waals surface area (Å²) < 4.78 is 0. The van der Waals surface area contributed by atoms with Gasteiger partial charge in [-0.2, -0.15) is 5.26 Å². The first-order valence-electron chi connectivity index (χ1n) is 3.36. The third-order valence-corrected chi connectivity index (χ3v) is 1.27. The number of nitrogens with zero attached hydrogens (tertiary/aromatic N) is 1. The standard InChI is InChI=1S/C8H10N2O2/c1-5(11)8(6(2)12)7(10)3-4-9/h10-11H,3H2,1-2H3/b8-5+,10-7?. The van der Waals surface area contributed by atoms with E-state index >= 15 is 0 Å². The molecule has 0 aromatic carbocycles. The molecule has 0 bridgehead atoms. The Balaban J connectivity index is 4.82. The minimum Gasteiger partial charge on any atom is -0.512 e. The molecule has 0 fully saturated rings. The molecule has 64 valence electrons. The Morgan fingerprint density at radius 3 is 2.33 bits per heavy atom. The third-order valence-electron chi connectivity index (χ3n) is 1.27. The topological polar surface area (TPSA) is 84.9 Å². The lowest BCUT2D eigenvalue weighted by Crippen LogP contribution is -2.10. The first-order chi connectivity index (χ1) is 5.50. The molecule has 0 saturated heterocycles. The SMILES string of the molecule is CC(=O)/C(C(=N)CC#N)=C(/C)O. The fourth-order valence-corrected chi connectivity index (χ4v) is 0.853. The molecule has 0 aliphatic heterocycles. The van der Waals surface area contributed by atoms with Crippen molar-refractivity contribution in [2.45, 2.75) is 20.3 Å². The maximum Gasteiger partial charge on any atom is 0.165 e. The van der Waals surface area contributed by atoms with Gasteiger partial charge >= 0.3 is 0 Å². The number of rotatable bonds is 3. The summed E-state index contributed by atoms with van der Waals surface area (Å²) >= 11 is 0. The highest BCUT2D eigenvalue weighted by molar-refractivity contribution is 6.21. The molecule has 2 N–H and O–H groups in total. The van der Waals surface area contributed by atoms with Gasteiger partial charge in [-0.1, -0.05) is 0 Å². The monoisotopic (exact) mass is 166 g/mol. The Hall–Kier alpha value is -1.63. The third kappa shape index (κ3) is 2.54. The lowest BCUT2D eigenvalue weighted by molar-refractivity contribution is -0.113. The summed E-state index contributed by atoms with van der Waals surface area (Å²) in [6, 6.07) is 1.74. The molecule has 0 unspecified atom stereocenters. The van der Waals surface area contributed by atoms with Crippen LogP contribution in [-0.4, -0.2) is 16.6 Å². The highest BCUT2D eigenvalue weighted by atomic mass is 16.3. The van der Waals surface area contributed by atoms with E-state index in [0.29, 0.717) is 0 Å². The van der Waals surface area contributed by atoms with E-state index in [4.69, 9.17) is 15.8 Å². The smallest absolute Gasteiger partial charge is 0.165 e. The van der Waals surface area contributed by atoms with Crippen LogP contribution in [0.25, 0.3) is 0 Å². The van der Waals surface area contributed by atoms with Gasteiger partial charge in [0.1, 0.15) is 5.76 Å². The predicted molar refractivity (Wildman–Crippen MR) is 44.0 cm³/mol. The van der Waals surface area contributed by atoms with Gasteiger partial charge in [-0.3, -0.25) is 4.79 Å². The van der Waals surface area contributed by atoms with Crippen LogP contribution in [-0.2, 0) is 4.79 Å².